The number of aromatic nitrogens is 1. The standard InChI is InChI=1S/C67H88N14O10S/c1-80(2)46-21-24-52-55(40-46)90-56-41-47(81(3)4)22-25-53(56)67(52)51-23-20-45(39-50(51)64(89)91-67)61(86)75-32-12-9-15-43(37-48(82)17-8-6-11-31-76-63(88)58-27-26-57(92-58)42-28-35-73-36-29-42)60(85)74-30-10-5-7-18-49(83)38-44(16-13-33-77-65(69)70)62(87)79-54(59(68)84)19-14-34-78-66(71)72/h20-29,35-36,39-41,43-44,54H,5-19,30-34,37-38H2,1-4H3,(H2,68,84)(H,74,85)(H,75,86)(H,76,88)(H,79,87)(H4,69,70,77)(H4,71,72,78)/t43-,44-,54+/m0/s1. The van der Waals surface area contributed by atoms with Crippen LogP contribution in [0.5, 0.6) is 11.5 Å². The van der Waals surface area contributed by atoms with Gasteiger partial charge in [0.1, 0.15) is 29.1 Å². The summed E-state index contributed by atoms with van der Waals surface area (Å²) in [5.41, 5.74) is 31.3. The number of rotatable bonds is 38. The van der Waals surface area contributed by atoms with Gasteiger partial charge in [0, 0.05) is 161 Å². The Bertz CT molecular complexity index is 3410. The molecule has 25 heteroatoms. The van der Waals surface area contributed by atoms with Crippen LogP contribution < -0.4 is 64.5 Å². The minimum Gasteiger partial charge on any atom is -0.456 e. The first kappa shape index (κ1) is 70.1. The Labute approximate surface area is 541 Å². The molecule has 0 aliphatic carbocycles. The maximum atomic E-state index is 14.0. The van der Waals surface area contributed by atoms with Crippen LogP contribution in [0.25, 0.3) is 10.4 Å². The van der Waals surface area contributed by atoms with E-state index in [0.717, 1.165) is 21.8 Å². The molecule has 0 radical (unpaired) electrons. The number of thiophene rings is 1. The van der Waals surface area contributed by atoms with Gasteiger partial charge < -0.3 is 69.2 Å². The lowest BCUT2D eigenvalue weighted by Gasteiger charge is -2.37. The number of esters is 1. The van der Waals surface area contributed by atoms with E-state index in [1.165, 1.54) is 11.3 Å². The van der Waals surface area contributed by atoms with Crippen LogP contribution in [0.4, 0.5) is 11.4 Å². The molecule has 0 fully saturated rings. The van der Waals surface area contributed by atoms with Crippen LogP contribution in [0.3, 0.4) is 0 Å². The van der Waals surface area contributed by atoms with Crippen molar-refractivity contribution in [2.75, 3.05) is 70.7 Å². The highest BCUT2D eigenvalue weighted by atomic mass is 32.1. The average Bonchev–Trinajstić information content (AvgIpc) is 1.45. The van der Waals surface area contributed by atoms with E-state index in [9.17, 15) is 38.4 Å². The molecular weight excluding hydrogens is 1190 g/mol. The van der Waals surface area contributed by atoms with Crippen molar-refractivity contribution in [2.45, 2.75) is 121 Å². The van der Waals surface area contributed by atoms with Crippen LogP contribution in [-0.4, -0.2) is 131 Å². The summed E-state index contributed by atoms with van der Waals surface area (Å²) < 4.78 is 12.9. The van der Waals surface area contributed by atoms with Crippen molar-refractivity contribution in [3.05, 3.63) is 124 Å². The van der Waals surface area contributed by atoms with Crippen molar-refractivity contribution < 1.29 is 47.8 Å². The van der Waals surface area contributed by atoms with Gasteiger partial charge in [0.15, 0.2) is 17.5 Å². The van der Waals surface area contributed by atoms with Crippen molar-refractivity contribution in [2.24, 2.45) is 50.5 Å². The second kappa shape index (κ2) is 34.2. The molecule has 3 aromatic carbocycles. The minimum atomic E-state index is -1.33. The molecule has 2 aliphatic rings. The van der Waals surface area contributed by atoms with Gasteiger partial charge in [0.25, 0.3) is 11.8 Å². The molecule has 5 amide bonds. The lowest BCUT2D eigenvalue weighted by Crippen LogP contribution is -2.47. The van der Waals surface area contributed by atoms with Gasteiger partial charge in [-0.3, -0.25) is 48.5 Å². The molecule has 1 spiro atoms. The molecule has 5 aromatic rings. The first-order valence-electron chi connectivity index (χ1n) is 31.4. The number of benzene rings is 3. The van der Waals surface area contributed by atoms with Crippen LogP contribution in [0.15, 0.2) is 101 Å². The minimum absolute atomic E-state index is 0.0297. The summed E-state index contributed by atoms with van der Waals surface area (Å²) in [4.78, 5) is 124. The van der Waals surface area contributed by atoms with Crippen molar-refractivity contribution in [3.63, 3.8) is 0 Å². The molecule has 92 heavy (non-hydrogen) atoms. The molecule has 2 aromatic heterocycles. The fourth-order valence-corrected chi connectivity index (χ4v) is 12.2. The molecule has 3 atom stereocenters. The Balaban J connectivity index is 0.915. The SMILES string of the molecule is CN(C)c1ccc2c(c1)Oc1cc(N(C)C)ccc1C21OC(=O)c2cc(C(=O)NCCCC[C@@H](CC(=O)CCCCCNC(=O)c3ccc(-c4ccncc4)s3)C(=O)NCCCCCC(=O)C[C@H](CCCN=C(N)N)C(=O)N[C@H](CCCN=C(N)N)C(N)=O)ccc21. The Morgan fingerprint density at radius 3 is 1.68 bits per heavy atom. The maximum Gasteiger partial charge on any atom is 0.340 e. The van der Waals surface area contributed by atoms with Gasteiger partial charge in [-0.1, -0.05) is 25.3 Å². The number of anilines is 2. The summed E-state index contributed by atoms with van der Waals surface area (Å²) in [6.45, 7) is 1.50. The van der Waals surface area contributed by atoms with E-state index >= 15 is 0 Å². The molecule has 4 heterocycles. The predicted molar refractivity (Wildman–Crippen MR) is 357 cm³/mol. The molecule has 7 rings (SSSR count). The number of Topliss-reactive ketones (excluding diaryl/α,β-unsaturated/α-hetero) is 2. The van der Waals surface area contributed by atoms with E-state index in [4.69, 9.17) is 38.1 Å². The van der Waals surface area contributed by atoms with Crippen molar-refractivity contribution in [3.8, 4) is 21.9 Å². The zero-order valence-corrected chi connectivity index (χ0v) is 53.9. The number of ketones is 2. The smallest absolute Gasteiger partial charge is 0.340 e. The Morgan fingerprint density at radius 2 is 1.11 bits per heavy atom. The highest BCUT2D eigenvalue weighted by Crippen LogP contribution is 2.57. The number of unbranched alkanes of at least 4 members (excludes halogenated alkanes) is 5. The molecular formula is C67H88N14O10S. The van der Waals surface area contributed by atoms with Gasteiger partial charge in [-0.2, -0.15) is 0 Å². The summed E-state index contributed by atoms with van der Waals surface area (Å²) in [5, 5.41) is 11.6. The summed E-state index contributed by atoms with van der Waals surface area (Å²) in [6, 6.07) is 23.1. The Morgan fingerprint density at radius 1 is 0.576 bits per heavy atom. The Hall–Kier alpha value is -9.39. The number of carbonyl (C=O) groups is 8. The lowest BCUT2D eigenvalue weighted by atomic mass is 9.77. The van der Waals surface area contributed by atoms with E-state index in [2.05, 4.69) is 36.2 Å². The molecule has 0 saturated heterocycles. The van der Waals surface area contributed by atoms with E-state index in [-0.39, 0.29) is 110 Å². The summed E-state index contributed by atoms with van der Waals surface area (Å²) >= 11 is 1.40. The molecule has 14 N–H and O–H groups in total. The zero-order chi connectivity index (χ0) is 66.3. The highest BCUT2D eigenvalue weighted by Gasteiger charge is 2.54. The third-order valence-electron chi connectivity index (χ3n) is 16.3. The van der Waals surface area contributed by atoms with Gasteiger partial charge in [0.05, 0.1) is 10.4 Å². The predicted octanol–water partition coefficient (Wildman–Crippen LogP) is 6.31. The number of primary amides is 1. The van der Waals surface area contributed by atoms with Gasteiger partial charge in [-0.15, -0.1) is 11.3 Å². The van der Waals surface area contributed by atoms with Crippen LogP contribution in [0.1, 0.15) is 156 Å². The maximum absolute atomic E-state index is 14.0. The number of nitrogens with zero attached hydrogens (tertiary/aromatic N) is 5. The van der Waals surface area contributed by atoms with Crippen molar-refractivity contribution in [1.82, 2.24) is 26.3 Å². The number of nitrogens with two attached hydrogens (primary N) is 5. The number of ether oxygens (including phenoxy) is 2. The second-order valence-electron chi connectivity index (χ2n) is 23.6. The van der Waals surface area contributed by atoms with E-state index in [1.54, 1.807) is 36.7 Å². The molecule has 0 saturated carbocycles. The highest BCUT2D eigenvalue weighted by molar-refractivity contribution is 7.17. The van der Waals surface area contributed by atoms with Crippen LogP contribution in [0.2, 0.25) is 0 Å². The number of fused-ring (bicyclic) bond motifs is 6. The number of amides is 5. The first-order valence-corrected chi connectivity index (χ1v) is 32.2. The largest absolute Gasteiger partial charge is 0.456 e. The normalized spacial score (nSPS) is 13.3. The van der Waals surface area contributed by atoms with Crippen molar-refractivity contribution in [1.29, 1.82) is 0 Å². The fourth-order valence-electron chi connectivity index (χ4n) is 11.3. The number of hydrogen-bond acceptors (Lipinski definition) is 16. The van der Waals surface area contributed by atoms with E-state index in [0.29, 0.717) is 117 Å². The summed E-state index contributed by atoms with van der Waals surface area (Å²) in [7, 11) is 7.73. The molecule has 2 aliphatic heterocycles. The number of pyridine rings is 1. The number of hydrogen-bond donors (Lipinski definition) is 9. The third-order valence-corrected chi connectivity index (χ3v) is 17.4. The van der Waals surface area contributed by atoms with E-state index in [1.807, 2.05) is 92.6 Å². The topological polar surface area (TPSA) is 377 Å². The lowest BCUT2D eigenvalue weighted by molar-refractivity contribution is -0.132. The Kier molecular flexibility index (Phi) is 26.0. The zero-order valence-electron chi connectivity index (χ0n) is 53.1. The van der Waals surface area contributed by atoms with Crippen LogP contribution in [-0.2, 0) is 34.3 Å². The molecule has 0 bridgehead atoms. The first-order chi connectivity index (χ1) is 44.1. The van der Waals surface area contributed by atoms with Gasteiger partial charge in [-0.25, -0.2) is 4.79 Å². The summed E-state index contributed by atoms with van der Waals surface area (Å²) in [6.07, 6.45) is 10.1. The molecule has 24 nitrogen and oxygen atoms in total. The van der Waals surface area contributed by atoms with Crippen molar-refractivity contribution >= 4 is 81.7 Å². The van der Waals surface area contributed by atoms with Crippen LogP contribution in [0, 0.1) is 11.8 Å². The number of guanidine groups is 2. The van der Waals surface area contributed by atoms with Crippen LogP contribution >= 0.6 is 11.3 Å². The molecule has 0 unspecified atom stereocenters. The van der Waals surface area contributed by atoms with Gasteiger partial charge in [0.2, 0.25) is 17.7 Å². The quantitative estimate of drug-likeness (QED) is 0.00905. The summed E-state index contributed by atoms with van der Waals surface area (Å²) in [5.74, 6) is -3.33. The number of nitrogens with one attached hydrogen (secondary N) is 4. The average molecular weight is 1280 g/mol. The van der Waals surface area contributed by atoms with E-state index < -0.39 is 41.3 Å². The number of carbonyl (C=O) groups excluding carboxylic acids is 8. The second-order valence-corrected chi connectivity index (χ2v) is 24.7. The van der Waals surface area contributed by atoms with Gasteiger partial charge in [-0.05, 0) is 130 Å². The number of aliphatic imine (C=N–C) groups is 2. The molecule has 492 valence electrons. The monoisotopic (exact) mass is 1280 g/mol. The fraction of sp³-hybridized carbons (Fsp3) is 0.448. The van der Waals surface area contributed by atoms with Gasteiger partial charge >= 0.3 is 5.97 Å². The third kappa shape index (κ3) is 19.6.